The standard InChI is InChI=1S/C26H26ClFIN5O3/c1-15-23(30-31-34(15)21-8-4-6-19(27)22(21)28)26(36)33-14-11-17-18(24(33)25(29)35)5-3-7-20(17)32-12-9-16(37-2)10-13-32/h3-8,16,24H,9-14H2,1-2H3. The number of aromatic nitrogens is 3. The van der Waals surface area contributed by atoms with Gasteiger partial charge in [-0.05, 0) is 55.5 Å². The molecule has 1 amide bonds. The fourth-order valence-corrected chi connectivity index (χ4v) is 6.13. The smallest absolute Gasteiger partial charge is 0.277 e. The van der Waals surface area contributed by atoms with Gasteiger partial charge >= 0.3 is 0 Å². The second-order valence-corrected chi connectivity index (χ2v) is 10.7. The van der Waals surface area contributed by atoms with Crippen LogP contribution in [0.5, 0.6) is 0 Å². The molecule has 0 radical (unpaired) electrons. The molecule has 0 bridgehead atoms. The summed E-state index contributed by atoms with van der Waals surface area (Å²) in [7, 11) is 1.75. The number of amides is 1. The van der Waals surface area contributed by atoms with E-state index in [0.717, 1.165) is 42.7 Å². The average Bonchev–Trinajstić information content (AvgIpc) is 3.29. The van der Waals surface area contributed by atoms with Crippen molar-refractivity contribution < 1.29 is 18.7 Å². The third kappa shape index (κ3) is 4.74. The summed E-state index contributed by atoms with van der Waals surface area (Å²) >= 11 is 7.70. The van der Waals surface area contributed by atoms with E-state index in [2.05, 4.69) is 21.3 Å². The van der Waals surface area contributed by atoms with Crippen molar-refractivity contribution in [2.24, 2.45) is 0 Å². The molecular weight excluding hydrogens is 612 g/mol. The van der Waals surface area contributed by atoms with Crippen LogP contribution in [0.15, 0.2) is 36.4 Å². The molecule has 0 spiro atoms. The van der Waals surface area contributed by atoms with Gasteiger partial charge in [-0.1, -0.05) is 35.0 Å². The van der Waals surface area contributed by atoms with Crippen LogP contribution < -0.4 is 4.90 Å². The van der Waals surface area contributed by atoms with Gasteiger partial charge < -0.3 is 14.5 Å². The number of anilines is 1. The SMILES string of the molecule is COC1CCN(c2cccc3c2CCN(C(=O)c2nnn(-c4cccc(Cl)c4F)c2C)C3C(=O)I)CC1. The number of ether oxygens (including phenoxy) is 1. The zero-order valence-electron chi connectivity index (χ0n) is 20.5. The summed E-state index contributed by atoms with van der Waals surface area (Å²) in [6, 6.07) is 9.77. The Morgan fingerprint density at radius 2 is 1.81 bits per heavy atom. The molecule has 5 rings (SSSR count). The van der Waals surface area contributed by atoms with Crippen molar-refractivity contribution in [1.29, 1.82) is 0 Å². The first-order chi connectivity index (χ1) is 17.8. The number of methoxy groups -OCH3 is 1. The minimum Gasteiger partial charge on any atom is -0.381 e. The van der Waals surface area contributed by atoms with Crippen LogP contribution in [0.1, 0.15) is 46.2 Å². The number of hydrogen-bond acceptors (Lipinski definition) is 6. The number of carbonyl (C=O) groups excluding carboxylic acids is 2. The van der Waals surface area contributed by atoms with E-state index >= 15 is 0 Å². The van der Waals surface area contributed by atoms with Crippen molar-refractivity contribution in [3.63, 3.8) is 0 Å². The van der Waals surface area contributed by atoms with Gasteiger partial charge in [0.1, 0.15) is 11.7 Å². The Morgan fingerprint density at radius 1 is 1.11 bits per heavy atom. The number of piperidine rings is 1. The highest BCUT2D eigenvalue weighted by Gasteiger charge is 2.38. The van der Waals surface area contributed by atoms with Gasteiger partial charge in [-0.3, -0.25) is 9.59 Å². The second-order valence-electron chi connectivity index (χ2n) is 9.23. The first-order valence-electron chi connectivity index (χ1n) is 12.1. The molecule has 0 saturated carbocycles. The van der Waals surface area contributed by atoms with Crippen molar-refractivity contribution in [1.82, 2.24) is 19.9 Å². The van der Waals surface area contributed by atoms with Crippen molar-refractivity contribution >= 4 is 49.6 Å². The number of hydrogen-bond donors (Lipinski definition) is 0. The number of benzene rings is 2. The minimum absolute atomic E-state index is 0.0502. The van der Waals surface area contributed by atoms with Gasteiger partial charge in [0.05, 0.1) is 16.8 Å². The van der Waals surface area contributed by atoms with Gasteiger partial charge in [-0.25, -0.2) is 9.07 Å². The molecule has 2 aromatic carbocycles. The van der Waals surface area contributed by atoms with E-state index in [0.29, 0.717) is 18.7 Å². The molecule has 1 atom stereocenters. The molecule has 0 N–H and O–H groups in total. The fourth-order valence-electron chi connectivity index (χ4n) is 5.29. The van der Waals surface area contributed by atoms with E-state index in [1.54, 1.807) is 47.6 Å². The minimum atomic E-state index is -0.749. The van der Waals surface area contributed by atoms with Crippen LogP contribution in [0.25, 0.3) is 5.69 Å². The highest BCUT2D eigenvalue weighted by Crippen LogP contribution is 2.39. The molecule has 1 aromatic heterocycles. The molecule has 1 saturated heterocycles. The van der Waals surface area contributed by atoms with E-state index in [1.165, 1.54) is 16.8 Å². The molecule has 8 nitrogen and oxygen atoms in total. The lowest BCUT2D eigenvalue weighted by Crippen LogP contribution is -2.44. The van der Waals surface area contributed by atoms with Gasteiger partial charge in [0, 0.05) is 55.0 Å². The van der Waals surface area contributed by atoms with E-state index in [4.69, 9.17) is 16.3 Å². The maximum atomic E-state index is 14.6. The molecule has 3 heterocycles. The zero-order chi connectivity index (χ0) is 26.3. The number of rotatable bonds is 5. The van der Waals surface area contributed by atoms with E-state index < -0.39 is 17.8 Å². The second kappa shape index (κ2) is 10.7. The van der Waals surface area contributed by atoms with E-state index in [1.807, 2.05) is 12.1 Å². The van der Waals surface area contributed by atoms with Crippen LogP contribution >= 0.6 is 34.2 Å². The molecule has 0 aliphatic carbocycles. The van der Waals surface area contributed by atoms with E-state index in [-0.39, 0.29) is 26.3 Å². The first-order valence-corrected chi connectivity index (χ1v) is 13.5. The summed E-state index contributed by atoms with van der Waals surface area (Å²) in [4.78, 5) is 30.5. The van der Waals surface area contributed by atoms with Gasteiger partial charge in [0.25, 0.3) is 5.91 Å². The van der Waals surface area contributed by atoms with Gasteiger partial charge in [-0.2, -0.15) is 0 Å². The summed E-state index contributed by atoms with van der Waals surface area (Å²) in [6.07, 6.45) is 2.77. The number of fused-ring (bicyclic) bond motifs is 1. The lowest BCUT2D eigenvalue weighted by atomic mass is 9.90. The van der Waals surface area contributed by atoms with Gasteiger partial charge in [0.2, 0.25) is 3.79 Å². The number of nitrogens with zero attached hydrogens (tertiary/aromatic N) is 5. The van der Waals surface area contributed by atoms with Crippen molar-refractivity contribution in [2.45, 2.75) is 38.3 Å². The molecule has 194 valence electrons. The molecule has 1 unspecified atom stereocenters. The summed E-state index contributed by atoms with van der Waals surface area (Å²) in [6.45, 7) is 3.76. The monoisotopic (exact) mass is 637 g/mol. The highest BCUT2D eigenvalue weighted by molar-refractivity contribution is 14.1. The summed E-state index contributed by atoms with van der Waals surface area (Å²) in [5.41, 5.74) is 3.58. The third-order valence-corrected chi connectivity index (χ3v) is 8.13. The predicted octanol–water partition coefficient (Wildman–Crippen LogP) is 4.68. The Kier molecular flexibility index (Phi) is 7.51. The third-order valence-electron chi connectivity index (χ3n) is 7.24. The topological polar surface area (TPSA) is 80.6 Å². The lowest BCUT2D eigenvalue weighted by molar-refractivity contribution is -0.113. The molecule has 1 fully saturated rings. The van der Waals surface area contributed by atoms with E-state index in [9.17, 15) is 14.0 Å². The molecule has 37 heavy (non-hydrogen) atoms. The van der Waals surface area contributed by atoms with Crippen LogP contribution in [0.2, 0.25) is 5.02 Å². The van der Waals surface area contributed by atoms with Gasteiger partial charge in [-0.15, -0.1) is 5.10 Å². The maximum Gasteiger partial charge on any atom is 0.277 e. The number of halogens is 3. The Bertz CT molecular complexity index is 1360. The predicted molar refractivity (Wildman–Crippen MR) is 146 cm³/mol. The molecule has 2 aliphatic rings. The Hall–Kier alpha value is -2.57. The van der Waals surface area contributed by atoms with Crippen LogP contribution in [-0.2, 0) is 16.0 Å². The van der Waals surface area contributed by atoms with Crippen LogP contribution in [0, 0.1) is 12.7 Å². The zero-order valence-corrected chi connectivity index (χ0v) is 23.4. The van der Waals surface area contributed by atoms with Crippen LogP contribution in [0.3, 0.4) is 0 Å². The largest absolute Gasteiger partial charge is 0.381 e. The average molecular weight is 638 g/mol. The Morgan fingerprint density at radius 3 is 2.51 bits per heavy atom. The highest BCUT2D eigenvalue weighted by atomic mass is 127. The Balaban J connectivity index is 1.46. The number of carbonyl (C=O) groups is 2. The van der Waals surface area contributed by atoms with Crippen molar-refractivity contribution in [2.75, 3.05) is 31.6 Å². The quantitative estimate of drug-likeness (QED) is 0.299. The maximum absolute atomic E-state index is 14.6. The van der Waals surface area contributed by atoms with Crippen molar-refractivity contribution in [3.05, 3.63) is 69.8 Å². The Labute approximate surface area is 232 Å². The lowest BCUT2D eigenvalue weighted by Gasteiger charge is -2.39. The molecule has 11 heteroatoms. The molecule has 2 aliphatic heterocycles. The molecular formula is C26H26ClFIN5O3. The summed E-state index contributed by atoms with van der Waals surface area (Å²) in [5, 5.41) is 8.05. The first kappa shape index (κ1) is 26.1. The van der Waals surface area contributed by atoms with Gasteiger partial charge in [0.15, 0.2) is 11.5 Å². The molecule has 3 aromatic rings. The van der Waals surface area contributed by atoms with Crippen LogP contribution in [0.4, 0.5) is 10.1 Å². The summed E-state index contributed by atoms with van der Waals surface area (Å²) < 4.78 is 21.2. The van der Waals surface area contributed by atoms with Crippen molar-refractivity contribution in [3.8, 4) is 5.69 Å². The normalized spacial score (nSPS) is 18.1. The summed E-state index contributed by atoms with van der Waals surface area (Å²) in [5.74, 6) is -1.07. The van der Waals surface area contributed by atoms with Crippen LogP contribution in [-0.4, -0.2) is 62.4 Å². The fraction of sp³-hybridized carbons (Fsp3) is 0.385.